The number of amides is 1. The number of nitrogens with zero attached hydrogens (tertiary/aromatic N) is 2. The Hall–Kier alpha value is -1.91. The largest absolute Gasteiger partial charge is 0.339 e. The Kier molecular flexibility index (Phi) is 6.62. The summed E-state index contributed by atoms with van der Waals surface area (Å²) in [6, 6.07) is 15.5. The fourth-order valence-electron chi connectivity index (χ4n) is 7.92. The molecule has 2 aliphatic carbocycles. The Bertz CT molecular complexity index is 1050. The number of fused-ring (bicyclic) bond motifs is 2. The standard InChI is InChI=1S/C30H38ClN3O/c31-28-14-13-24-26(33-28)12-7-16-30(24)20-32-19-25(30)29(35)34-17-15-23(21-8-3-1-4-9-21)18-27(34)22-10-5-2-6-11-22/h1,3-4,8-9,13-14,22-23,25,27,32H,2,5-7,10-12,15-20H2/t23?,25-,27+,30-/m0/s1. The molecule has 1 spiro atoms. The molecule has 0 bridgehead atoms. The maximum absolute atomic E-state index is 14.5. The summed E-state index contributed by atoms with van der Waals surface area (Å²) < 4.78 is 0. The molecule has 35 heavy (non-hydrogen) atoms. The van der Waals surface area contributed by atoms with E-state index in [9.17, 15) is 4.79 Å². The number of nitrogens with one attached hydrogen (secondary N) is 1. The number of carbonyl (C=O) groups is 1. The maximum Gasteiger partial charge on any atom is 0.228 e. The summed E-state index contributed by atoms with van der Waals surface area (Å²) >= 11 is 6.26. The molecule has 0 radical (unpaired) electrons. The summed E-state index contributed by atoms with van der Waals surface area (Å²) in [7, 11) is 0. The minimum absolute atomic E-state index is 0.0103. The monoisotopic (exact) mass is 491 g/mol. The number of halogens is 1. The highest BCUT2D eigenvalue weighted by Crippen LogP contribution is 2.47. The molecule has 2 aliphatic heterocycles. The van der Waals surface area contributed by atoms with Gasteiger partial charge in [-0.15, -0.1) is 0 Å². The first-order chi connectivity index (χ1) is 17.2. The van der Waals surface area contributed by atoms with Gasteiger partial charge in [0.1, 0.15) is 5.15 Å². The minimum atomic E-state index is -0.143. The van der Waals surface area contributed by atoms with Gasteiger partial charge in [0, 0.05) is 36.8 Å². The van der Waals surface area contributed by atoms with Crippen LogP contribution in [0.5, 0.6) is 0 Å². The van der Waals surface area contributed by atoms with Crippen LogP contribution in [-0.2, 0) is 16.6 Å². The predicted octanol–water partition coefficient (Wildman–Crippen LogP) is 5.88. The van der Waals surface area contributed by atoms with Gasteiger partial charge in [-0.1, -0.05) is 67.3 Å². The number of hydrogen-bond donors (Lipinski definition) is 1. The number of hydrogen-bond acceptors (Lipinski definition) is 3. The second kappa shape index (κ2) is 9.86. The second-order valence-electron chi connectivity index (χ2n) is 11.5. The summed E-state index contributed by atoms with van der Waals surface area (Å²) in [6.45, 7) is 2.53. The van der Waals surface area contributed by atoms with Crippen LogP contribution in [0.25, 0.3) is 0 Å². The van der Waals surface area contributed by atoms with Crippen LogP contribution >= 0.6 is 11.6 Å². The van der Waals surface area contributed by atoms with Gasteiger partial charge in [-0.3, -0.25) is 4.79 Å². The van der Waals surface area contributed by atoms with Gasteiger partial charge in [-0.05, 0) is 74.0 Å². The maximum atomic E-state index is 14.5. The first-order valence-corrected chi connectivity index (χ1v) is 14.3. The molecule has 1 aromatic heterocycles. The fourth-order valence-corrected chi connectivity index (χ4v) is 8.08. The number of piperidine rings is 1. The average molecular weight is 492 g/mol. The summed E-state index contributed by atoms with van der Waals surface area (Å²) in [6.07, 6.45) is 11.8. The molecular formula is C30H38ClN3O. The van der Waals surface area contributed by atoms with Crippen LogP contribution < -0.4 is 5.32 Å². The van der Waals surface area contributed by atoms with Crippen molar-refractivity contribution in [2.45, 2.75) is 81.6 Å². The van der Waals surface area contributed by atoms with E-state index >= 15 is 0 Å². The van der Waals surface area contributed by atoms with Gasteiger partial charge >= 0.3 is 0 Å². The summed E-state index contributed by atoms with van der Waals surface area (Å²) in [5, 5.41) is 4.19. The summed E-state index contributed by atoms with van der Waals surface area (Å²) in [4.78, 5) is 21.5. The van der Waals surface area contributed by atoms with E-state index < -0.39 is 0 Å². The first kappa shape index (κ1) is 23.5. The SMILES string of the molecule is O=C([C@@H]1CNC[C@]12CCCc1nc(Cl)ccc12)N1CCC(c2ccccc2)C[C@@H]1C1CCCCC1. The highest BCUT2D eigenvalue weighted by Gasteiger charge is 2.52. The van der Waals surface area contributed by atoms with Crippen molar-refractivity contribution in [3.05, 3.63) is 64.4 Å². The number of benzene rings is 1. The van der Waals surface area contributed by atoms with Gasteiger partial charge in [-0.25, -0.2) is 4.98 Å². The minimum Gasteiger partial charge on any atom is -0.339 e. The second-order valence-corrected chi connectivity index (χ2v) is 11.8. The van der Waals surface area contributed by atoms with E-state index in [1.165, 1.54) is 43.2 Å². The third kappa shape index (κ3) is 4.31. The van der Waals surface area contributed by atoms with Crippen molar-refractivity contribution < 1.29 is 4.79 Å². The van der Waals surface area contributed by atoms with Crippen LogP contribution in [0.15, 0.2) is 42.5 Å². The van der Waals surface area contributed by atoms with Gasteiger partial charge in [0.25, 0.3) is 0 Å². The van der Waals surface area contributed by atoms with Crippen LogP contribution in [0, 0.1) is 11.8 Å². The molecular weight excluding hydrogens is 454 g/mol. The van der Waals surface area contributed by atoms with Crippen molar-refractivity contribution in [1.29, 1.82) is 0 Å². The van der Waals surface area contributed by atoms with Gasteiger partial charge in [0.2, 0.25) is 5.91 Å². The lowest BCUT2D eigenvalue weighted by Crippen LogP contribution is -2.55. The summed E-state index contributed by atoms with van der Waals surface area (Å²) in [5.74, 6) is 1.58. The Morgan fingerprint density at radius 3 is 2.69 bits per heavy atom. The van der Waals surface area contributed by atoms with Crippen molar-refractivity contribution in [2.75, 3.05) is 19.6 Å². The number of rotatable bonds is 3. The lowest BCUT2D eigenvalue weighted by Gasteiger charge is -2.48. The van der Waals surface area contributed by atoms with E-state index in [1.54, 1.807) is 0 Å². The molecule has 4 nitrogen and oxygen atoms in total. The lowest BCUT2D eigenvalue weighted by atomic mass is 9.64. The highest BCUT2D eigenvalue weighted by atomic mass is 35.5. The quantitative estimate of drug-likeness (QED) is 0.545. The zero-order valence-corrected chi connectivity index (χ0v) is 21.5. The molecule has 4 aliphatic rings. The third-order valence-corrected chi connectivity index (χ3v) is 9.87. The molecule has 4 atom stereocenters. The number of aromatic nitrogens is 1. The topological polar surface area (TPSA) is 45.2 Å². The third-order valence-electron chi connectivity index (χ3n) is 9.66. The Balaban J connectivity index is 1.30. The molecule has 2 aromatic rings. The molecule has 186 valence electrons. The zero-order valence-electron chi connectivity index (χ0n) is 20.7. The fraction of sp³-hybridized carbons (Fsp3) is 0.600. The molecule has 3 fully saturated rings. The van der Waals surface area contributed by atoms with E-state index in [4.69, 9.17) is 11.6 Å². The molecule has 1 N–H and O–H groups in total. The molecule has 5 heteroatoms. The van der Waals surface area contributed by atoms with E-state index in [2.05, 4.69) is 51.6 Å². The zero-order chi connectivity index (χ0) is 23.8. The van der Waals surface area contributed by atoms with Crippen LogP contribution in [0.2, 0.25) is 5.15 Å². The number of likely N-dealkylation sites (tertiary alicyclic amines) is 1. The predicted molar refractivity (Wildman–Crippen MR) is 141 cm³/mol. The van der Waals surface area contributed by atoms with Crippen molar-refractivity contribution >= 4 is 17.5 Å². The first-order valence-electron chi connectivity index (χ1n) is 13.9. The highest BCUT2D eigenvalue weighted by molar-refractivity contribution is 6.29. The van der Waals surface area contributed by atoms with Gasteiger partial charge in [-0.2, -0.15) is 0 Å². The van der Waals surface area contributed by atoms with E-state index in [1.807, 2.05) is 6.07 Å². The van der Waals surface area contributed by atoms with E-state index in [0.29, 0.717) is 28.9 Å². The van der Waals surface area contributed by atoms with Crippen molar-refractivity contribution in [1.82, 2.24) is 15.2 Å². The lowest BCUT2D eigenvalue weighted by molar-refractivity contribution is -0.143. The van der Waals surface area contributed by atoms with Crippen molar-refractivity contribution in [3.8, 4) is 0 Å². The molecule has 3 heterocycles. The van der Waals surface area contributed by atoms with Crippen molar-refractivity contribution in [2.24, 2.45) is 11.8 Å². The Morgan fingerprint density at radius 2 is 1.86 bits per heavy atom. The Labute approximate surface area is 214 Å². The average Bonchev–Trinajstić information content (AvgIpc) is 3.32. The molecule has 6 rings (SSSR count). The van der Waals surface area contributed by atoms with E-state index in [-0.39, 0.29) is 11.3 Å². The van der Waals surface area contributed by atoms with Gasteiger partial charge in [0.05, 0.1) is 5.92 Å². The van der Waals surface area contributed by atoms with E-state index in [0.717, 1.165) is 57.4 Å². The van der Waals surface area contributed by atoms with Crippen LogP contribution in [-0.4, -0.2) is 41.5 Å². The molecule has 1 saturated carbocycles. The smallest absolute Gasteiger partial charge is 0.228 e. The molecule has 1 amide bonds. The van der Waals surface area contributed by atoms with Crippen LogP contribution in [0.1, 0.15) is 80.5 Å². The number of carbonyl (C=O) groups excluding carboxylic acids is 1. The number of aryl methyl sites for hydroxylation is 1. The van der Waals surface area contributed by atoms with Gasteiger partial charge < -0.3 is 10.2 Å². The molecule has 1 aromatic carbocycles. The summed E-state index contributed by atoms with van der Waals surface area (Å²) in [5.41, 5.74) is 3.68. The van der Waals surface area contributed by atoms with Crippen molar-refractivity contribution in [3.63, 3.8) is 0 Å². The Morgan fingerprint density at radius 1 is 1.03 bits per heavy atom. The normalized spacial score (nSPS) is 31.5. The van der Waals surface area contributed by atoms with Gasteiger partial charge in [0.15, 0.2) is 0 Å². The van der Waals surface area contributed by atoms with Crippen LogP contribution in [0.3, 0.4) is 0 Å². The van der Waals surface area contributed by atoms with Crippen LogP contribution in [0.4, 0.5) is 0 Å². The number of pyridine rings is 1. The molecule has 1 unspecified atom stereocenters. The molecule has 2 saturated heterocycles.